The third kappa shape index (κ3) is 5.05. The number of hydrogen-bond donors (Lipinski definition) is 1. The number of allylic oxidation sites excluding steroid dienone is 4. The van der Waals surface area contributed by atoms with Crippen LogP contribution in [0, 0.1) is 6.92 Å². The first-order chi connectivity index (χ1) is 14.1. The quantitative estimate of drug-likeness (QED) is 0.541. The van der Waals surface area contributed by atoms with E-state index in [1.807, 2.05) is 43.3 Å². The van der Waals surface area contributed by atoms with Gasteiger partial charge in [0, 0.05) is 23.5 Å². The maximum atomic E-state index is 12.4. The van der Waals surface area contributed by atoms with Crippen molar-refractivity contribution >= 4 is 17.2 Å². The largest absolute Gasteiger partial charge is 0.424 e. The molecule has 0 aliphatic heterocycles. The van der Waals surface area contributed by atoms with Gasteiger partial charge in [0.2, 0.25) is 0 Å². The summed E-state index contributed by atoms with van der Waals surface area (Å²) in [6, 6.07) is 16.4. The summed E-state index contributed by atoms with van der Waals surface area (Å²) in [5.74, 6) is 0.365. The van der Waals surface area contributed by atoms with Gasteiger partial charge in [0.15, 0.2) is 0 Å². The Balaban J connectivity index is 1.82. The Morgan fingerprint density at radius 2 is 1.90 bits per heavy atom. The summed E-state index contributed by atoms with van der Waals surface area (Å²) >= 11 is 0. The number of aryl methyl sites for hydroxylation is 1. The van der Waals surface area contributed by atoms with Gasteiger partial charge in [-0.2, -0.15) is 4.98 Å². The molecule has 0 atom stereocenters. The van der Waals surface area contributed by atoms with Crippen molar-refractivity contribution in [1.29, 1.82) is 0 Å². The van der Waals surface area contributed by atoms with Crippen molar-refractivity contribution in [2.45, 2.75) is 6.92 Å². The van der Waals surface area contributed by atoms with Crippen LogP contribution in [-0.2, 0) is 0 Å². The van der Waals surface area contributed by atoms with E-state index in [0.29, 0.717) is 22.7 Å². The highest BCUT2D eigenvalue weighted by molar-refractivity contribution is 6.04. The molecule has 0 saturated carbocycles. The first-order valence-electron chi connectivity index (χ1n) is 9.04. The van der Waals surface area contributed by atoms with Gasteiger partial charge < -0.3 is 10.1 Å². The van der Waals surface area contributed by atoms with Crippen LogP contribution in [-0.4, -0.2) is 15.9 Å². The van der Waals surface area contributed by atoms with E-state index in [0.717, 1.165) is 11.1 Å². The van der Waals surface area contributed by atoms with Crippen molar-refractivity contribution in [1.82, 2.24) is 9.97 Å². The molecule has 0 saturated heterocycles. The number of carbonyl (C=O) groups excluding carboxylic acids is 1. The zero-order valence-corrected chi connectivity index (χ0v) is 16.1. The van der Waals surface area contributed by atoms with Gasteiger partial charge in [0.25, 0.3) is 5.91 Å². The third-order valence-electron chi connectivity index (χ3n) is 4.13. The van der Waals surface area contributed by atoms with E-state index in [9.17, 15) is 4.79 Å². The van der Waals surface area contributed by atoms with Gasteiger partial charge in [0.1, 0.15) is 5.75 Å². The minimum absolute atomic E-state index is 0.191. The van der Waals surface area contributed by atoms with Crippen molar-refractivity contribution in [3.05, 3.63) is 109 Å². The lowest BCUT2D eigenvalue weighted by molar-refractivity contribution is 0.102. The molecular formula is C24H21N3O2. The number of ether oxygens (including phenoxy) is 1. The van der Waals surface area contributed by atoms with Crippen molar-refractivity contribution < 1.29 is 9.53 Å². The predicted molar refractivity (Wildman–Crippen MR) is 116 cm³/mol. The molecule has 1 heterocycles. The standard InChI is InChI=1S/C24H21N3O2/c1-4-9-18(5-2)21-14-15-25-24(27-21)29-22-16-20(13-12-17(22)3)26-23(28)19-10-7-6-8-11-19/h4-16H,1-2H2,3H3,(H,26,28)/b18-9+. The molecule has 29 heavy (non-hydrogen) atoms. The predicted octanol–water partition coefficient (Wildman–Crippen LogP) is 5.59. The number of nitrogens with one attached hydrogen (secondary N) is 1. The SMILES string of the molecule is C=C/C=C(\C=C)c1ccnc(Oc2cc(NC(=O)c3ccccc3)ccc2C)n1. The molecule has 3 aromatic rings. The first-order valence-corrected chi connectivity index (χ1v) is 9.04. The van der Waals surface area contributed by atoms with Gasteiger partial charge in [-0.05, 0) is 42.3 Å². The first kappa shape index (κ1) is 19.8. The van der Waals surface area contributed by atoms with Crippen LogP contribution in [0.1, 0.15) is 21.6 Å². The van der Waals surface area contributed by atoms with Crippen molar-refractivity contribution in [2.75, 3.05) is 5.32 Å². The summed E-state index contributed by atoms with van der Waals surface area (Å²) in [6.07, 6.45) is 6.79. The van der Waals surface area contributed by atoms with E-state index < -0.39 is 0 Å². The number of amides is 1. The van der Waals surface area contributed by atoms with Crippen LogP contribution in [0.15, 0.2) is 92.2 Å². The molecule has 0 fully saturated rings. The van der Waals surface area contributed by atoms with Gasteiger partial charge >= 0.3 is 6.01 Å². The second-order valence-electron chi connectivity index (χ2n) is 6.19. The number of aromatic nitrogens is 2. The third-order valence-corrected chi connectivity index (χ3v) is 4.13. The van der Waals surface area contributed by atoms with E-state index in [2.05, 4.69) is 28.4 Å². The lowest BCUT2D eigenvalue weighted by Crippen LogP contribution is -2.11. The van der Waals surface area contributed by atoms with E-state index in [1.165, 1.54) is 0 Å². The van der Waals surface area contributed by atoms with Crippen molar-refractivity contribution in [3.8, 4) is 11.8 Å². The average molecular weight is 383 g/mol. The molecule has 2 aromatic carbocycles. The number of hydrogen-bond acceptors (Lipinski definition) is 4. The summed E-state index contributed by atoms with van der Waals surface area (Å²) in [4.78, 5) is 21.0. The van der Waals surface area contributed by atoms with Crippen molar-refractivity contribution in [2.24, 2.45) is 0 Å². The molecule has 0 aliphatic carbocycles. The highest BCUT2D eigenvalue weighted by atomic mass is 16.5. The minimum Gasteiger partial charge on any atom is -0.424 e. The molecule has 5 heteroatoms. The lowest BCUT2D eigenvalue weighted by Gasteiger charge is -2.11. The summed E-state index contributed by atoms with van der Waals surface area (Å²) in [6.45, 7) is 9.40. The Labute approximate surface area is 170 Å². The molecule has 0 unspecified atom stereocenters. The van der Waals surface area contributed by atoms with Gasteiger partial charge in [0.05, 0.1) is 5.69 Å². The second-order valence-corrected chi connectivity index (χ2v) is 6.19. The molecule has 3 rings (SSSR count). The summed E-state index contributed by atoms with van der Waals surface area (Å²) in [5.41, 5.74) is 3.58. The van der Waals surface area contributed by atoms with Gasteiger partial charge in [-0.1, -0.05) is 55.7 Å². The van der Waals surface area contributed by atoms with Crippen LogP contribution < -0.4 is 10.1 Å². The number of rotatable bonds is 7. The van der Waals surface area contributed by atoms with E-state index in [4.69, 9.17) is 4.74 Å². The zero-order valence-electron chi connectivity index (χ0n) is 16.1. The molecule has 1 amide bonds. The van der Waals surface area contributed by atoms with Crippen LogP contribution >= 0.6 is 0 Å². The fourth-order valence-electron chi connectivity index (χ4n) is 2.61. The highest BCUT2D eigenvalue weighted by Crippen LogP contribution is 2.27. The smallest absolute Gasteiger partial charge is 0.322 e. The average Bonchev–Trinajstić information content (AvgIpc) is 2.75. The number of nitrogens with zero attached hydrogens (tertiary/aromatic N) is 2. The summed E-state index contributed by atoms with van der Waals surface area (Å²) < 4.78 is 5.89. The monoisotopic (exact) mass is 383 g/mol. The molecule has 0 bridgehead atoms. The fraction of sp³-hybridized carbons (Fsp3) is 0.0417. The van der Waals surface area contributed by atoms with Crippen LogP contribution in [0.25, 0.3) is 5.57 Å². The maximum Gasteiger partial charge on any atom is 0.322 e. The Morgan fingerprint density at radius 1 is 1.10 bits per heavy atom. The Hall–Kier alpha value is -3.99. The highest BCUT2D eigenvalue weighted by Gasteiger charge is 2.10. The topological polar surface area (TPSA) is 64.1 Å². The van der Waals surface area contributed by atoms with Crippen LogP contribution in [0.4, 0.5) is 5.69 Å². The maximum absolute atomic E-state index is 12.4. The van der Waals surface area contributed by atoms with E-state index in [-0.39, 0.29) is 11.9 Å². The van der Waals surface area contributed by atoms with Crippen molar-refractivity contribution in [3.63, 3.8) is 0 Å². The number of benzene rings is 2. The molecular weight excluding hydrogens is 362 g/mol. The van der Waals surface area contributed by atoms with Gasteiger partial charge in [-0.15, -0.1) is 0 Å². The molecule has 1 aromatic heterocycles. The van der Waals surface area contributed by atoms with E-state index in [1.54, 1.807) is 42.6 Å². The Morgan fingerprint density at radius 3 is 2.62 bits per heavy atom. The van der Waals surface area contributed by atoms with Crippen LogP contribution in [0.2, 0.25) is 0 Å². The Kier molecular flexibility index (Phi) is 6.32. The number of anilines is 1. The summed E-state index contributed by atoms with van der Waals surface area (Å²) in [5, 5.41) is 2.87. The van der Waals surface area contributed by atoms with Crippen LogP contribution in [0.3, 0.4) is 0 Å². The molecule has 5 nitrogen and oxygen atoms in total. The zero-order chi connectivity index (χ0) is 20.6. The minimum atomic E-state index is -0.191. The van der Waals surface area contributed by atoms with Gasteiger partial charge in [-0.3, -0.25) is 4.79 Å². The fourth-order valence-corrected chi connectivity index (χ4v) is 2.61. The molecule has 1 N–H and O–H groups in total. The summed E-state index contributed by atoms with van der Waals surface area (Å²) in [7, 11) is 0. The molecule has 0 radical (unpaired) electrons. The Bertz CT molecular complexity index is 1070. The van der Waals surface area contributed by atoms with Gasteiger partial charge in [-0.25, -0.2) is 4.98 Å². The lowest BCUT2D eigenvalue weighted by atomic mass is 10.1. The normalized spacial score (nSPS) is 10.9. The number of carbonyl (C=O) groups is 1. The van der Waals surface area contributed by atoms with Crippen LogP contribution in [0.5, 0.6) is 11.8 Å². The molecule has 144 valence electrons. The molecule has 0 aliphatic rings. The second kappa shape index (κ2) is 9.28. The molecule has 0 spiro atoms. The van der Waals surface area contributed by atoms with E-state index >= 15 is 0 Å².